The predicted octanol–water partition coefficient (Wildman–Crippen LogP) is 6.13. The third kappa shape index (κ3) is 5.84. The van der Waals surface area contributed by atoms with Crippen LogP contribution < -0.4 is 10.1 Å². The maximum atomic E-state index is 11.6. The number of phenolic OH excluding ortho intramolecular Hbond substituents is 2. The van der Waals surface area contributed by atoms with E-state index in [0.29, 0.717) is 54.0 Å². The van der Waals surface area contributed by atoms with Gasteiger partial charge in [0.1, 0.15) is 5.75 Å². The molecule has 5 aliphatic rings. The highest BCUT2D eigenvalue weighted by Gasteiger charge is 2.45. The topological polar surface area (TPSA) is 147 Å². The molecule has 2 aromatic carbocycles. The van der Waals surface area contributed by atoms with E-state index in [0.717, 1.165) is 43.4 Å². The molecular weight excluding hydrogens is 632 g/mol. The molecule has 3 aromatic rings. The monoisotopic (exact) mass is 680 g/mol. The lowest BCUT2D eigenvalue weighted by Crippen LogP contribution is -2.44. The highest BCUT2D eigenvalue weighted by Crippen LogP contribution is 2.53. The quantitative estimate of drug-likeness (QED) is 0.117. The van der Waals surface area contributed by atoms with Crippen molar-refractivity contribution in [2.75, 3.05) is 13.7 Å². The second kappa shape index (κ2) is 13.6. The van der Waals surface area contributed by atoms with E-state index in [2.05, 4.69) is 46.7 Å². The van der Waals surface area contributed by atoms with Gasteiger partial charge in [-0.25, -0.2) is 0 Å². The van der Waals surface area contributed by atoms with E-state index in [-0.39, 0.29) is 35.2 Å². The van der Waals surface area contributed by atoms with Gasteiger partial charge in [-0.2, -0.15) is 0 Å². The first-order valence-corrected chi connectivity index (χ1v) is 18.1. The van der Waals surface area contributed by atoms with Crippen LogP contribution in [0.25, 0.3) is 0 Å². The third-order valence-corrected chi connectivity index (χ3v) is 12.3. The molecule has 0 radical (unpaired) electrons. The van der Waals surface area contributed by atoms with Crippen LogP contribution >= 0.6 is 0 Å². The Morgan fingerprint density at radius 2 is 1.88 bits per heavy atom. The van der Waals surface area contributed by atoms with Crippen molar-refractivity contribution in [3.63, 3.8) is 0 Å². The number of benzene rings is 2. The van der Waals surface area contributed by atoms with Gasteiger partial charge >= 0.3 is 0 Å². The lowest BCUT2D eigenvalue weighted by molar-refractivity contribution is -0.154. The minimum atomic E-state index is -0.639. The number of rotatable bonds is 7. The summed E-state index contributed by atoms with van der Waals surface area (Å²) < 4.78 is 12.5. The molecule has 2 fully saturated rings. The van der Waals surface area contributed by atoms with Crippen LogP contribution in [-0.4, -0.2) is 62.4 Å². The van der Waals surface area contributed by atoms with Gasteiger partial charge in [-0.15, -0.1) is 0 Å². The number of allylic oxidation sites excluding steroid dienone is 3. The number of aromatic hydroxyl groups is 3. The molecule has 9 atom stereocenters. The fourth-order valence-electron chi connectivity index (χ4n) is 9.77. The first-order chi connectivity index (χ1) is 24.3. The number of nitrogens with one attached hydrogen (secondary N) is 2. The average Bonchev–Trinajstić information content (AvgIpc) is 3.65. The van der Waals surface area contributed by atoms with Crippen molar-refractivity contribution in [1.29, 1.82) is 0 Å². The van der Waals surface area contributed by atoms with Crippen LogP contribution in [0.2, 0.25) is 0 Å². The number of hydrogen-bond acceptors (Lipinski definition) is 8. The molecular formula is C41H48N2O7. The van der Waals surface area contributed by atoms with Crippen LogP contribution in [0.1, 0.15) is 89.8 Å². The molecule has 1 saturated heterocycles. The number of aromatic nitrogens is 1. The Morgan fingerprint density at radius 1 is 1.00 bits per heavy atom. The Hall–Kier alpha value is -4.02. The summed E-state index contributed by atoms with van der Waals surface area (Å²) in [5, 5.41) is 58.8. The smallest absolute Gasteiger partial charge is 0.201 e. The summed E-state index contributed by atoms with van der Waals surface area (Å²) >= 11 is 0. The SMILES string of the molecule is COc1c(O)c(O)c(CO)c([C@@H]2C[C@H](O)[C@H]3CC[C@H](c4ccc(O)c([C@@H]5C=CC[C@H]6C[C@@H]7NCC=CC7=C[C@H]65)c4)C[C@@H]3O2)c1Cc1cc[nH]c1. The lowest BCUT2D eigenvalue weighted by Gasteiger charge is -2.46. The van der Waals surface area contributed by atoms with Gasteiger partial charge in [-0.1, -0.05) is 42.5 Å². The van der Waals surface area contributed by atoms with Crippen molar-refractivity contribution in [2.45, 2.75) is 87.7 Å². The van der Waals surface area contributed by atoms with Crippen LogP contribution in [0.15, 0.2) is 72.6 Å². The summed E-state index contributed by atoms with van der Waals surface area (Å²) in [4.78, 5) is 3.06. The number of hydrogen-bond donors (Lipinski definition) is 7. The van der Waals surface area contributed by atoms with E-state index in [1.807, 2.05) is 30.6 Å². The number of aromatic amines is 1. The first kappa shape index (κ1) is 33.1. The molecule has 2 aliphatic heterocycles. The van der Waals surface area contributed by atoms with Crippen molar-refractivity contribution >= 4 is 0 Å². The molecule has 3 aliphatic carbocycles. The van der Waals surface area contributed by atoms with Gasteiger partial charge in [-0.05, 0) is 84.3 Å². The maximum absolute atomic E-state index is 11.6. The molecule has 7 N–H and O–H groups in total. The van der Waals surface area contributed by atoms with Crippen molar-refractivity contribution in [1.82, 2.24) is 10.3 Å². The Kier molecular flexibility index (Phi) is 9.02. The average molecular weight is 681 g/mol. The Morgan fingerprint density at radius 3 is 2.68 bits per heavy atom. The molecule has 0 amide bonds. The zero-order chi connectivity index (χ0) is 34.5. The molecule has 0 bridgehead atoms. The molecule has 8 rings (SSSR count). The number of methoxy groups -OCH3 is 1. The zero-order valence-electron chi connectivity index (χ0n) is 28.5. The normalized spacial score (nSPS) is 31.7. The summed E-state index contributed by atoms with van der Waals surface area (Å²) in [6.45, 7) is 0.401. The largest absolute Gasteiger partial charge is 0.508 e. The molecule has 9 heteroatoms. The molecule has 1 aromatic heterocycles. The van der Waals surface area contributed by atoms with E-state index in [1.54, 1.807) is 0 Å². The van der Waals surface area contributed by atoms with Crippen molar-refractivity contribution in [3.05, 3.63) is 106 Å². The van der Waals surface area contributed by atoms with Gasteiger partial charge in [0.15, 0.2) is 11.5 Å². The second-order valence-electron chi connectivity index (χ2n) is 14.9. The number of H-pyrrole nitrogens is 1. The second-order valence-corrected chi connectivity index (χ2v) is 14.9. The maximum Gasteiger partial charge on any atom is 0.201 e. The highest BCUT2D eigenvalue weighted by molar-refractivity contribution is 5.64. The van der Waals surface area contributed by atoms with Crippen LogP contribution in [0.4, 0.5) is 0 Å². The number of aliphatic hydroxyl groups is 2. The Labute approximate surface area is 293 Å². The van der Waals surface area contributed by atoms with Gasteiger partial charge in [0.05, 0.1) is 32.0 Å². The molecule has 50 heavy (non-hydrogen) atoms. The third-order valence-electron chi connectivity index (χ3n) is 12.3. The van der Waals surface area contributed by atoms with Gasteiger partial charge in [0.2, 0.25) is 5.75 Å². The number of ether oxygens (including phenoxy) is 2. The van der Waals surface area contributed by atoms with E-state index >= 15 is 0 Å². The summed E-state index contributed by atoms with van der Waals surface area (Å²) in [6.07, 6.45) is 18.8. The van der Waals surface area contributed by atoms with Gasteiger partial charge in [0.25, 0.3) is 0 Å². The van der Waals surface area contributed by atoms with Gasteiger partial charge in [0, 0.05) is 66.3 Å². The van der Waals surface area contributed by atoms with E-state index in [4.69, 9.17) is 9.47 Å². The molecule has 1 saturated carbocycles. The summed E-state index contributed by atoms with van der Waals surface area (Å²) in [5.41, 5.74) is 5.77. The lowest BCUT2D eigenvalue weighted by atomic mass is 9.65. The zero-order valence-corrected chi connectivity index (χ0v) is 28.5. The van der Waals surface area contributed by atoms with E-state index < -0.39 is 30.3 Å². The van der Waals surface area contributed by atoms with Crippen LogP contribution in [0.5, 0.6) is 23.0 Å². The summed E-state index contributed by atoms with van der Waals surface area (Å²) in [6, 6.07) is 8.42. The highest BCUT2D eigenvalue weighted by atomic mass is 16.5. The standard InChI is InChI=1S/C41H48N2O7/c1-49-41-31(14-22-11-13-42-20-22)38(32(21-44)39(47)40(41)48)37-19-35(46)28-9-7-24(18-36(28)50-37)23-8-10-34(45)30(15-23)27-6-2-4-25-17-33-26(16-29(25)27)5-3-12-43-33/h2-3,5-6,8,10-11,13,15-16,20,24-25,27-29,33,35-37,42-48H,4,7,9,12,14,17-19,21H2,1H3/t24-,25-,27+,28+,29+,33-,35-,36-,37-/m0/s1. The fraction of sp³-hybridized carbons (Fsp3) is 0.463. The van der Waals surface area contributed by atoms with E-state index in [1.165, 1.54) is 18.2 Å². The summed E-state index contributed by atoms with van der Waals surface area (Å²) in [5.74, 6) is 0.673. The molecule has 0 spiro atoms. The van der Waals surface area contributed by atoms with Crippen LogP contribution in [0, 0.1) is 17.8 Å². The molecule has 0 unspecified atom stereocenters. The number of fused-ring (bicyclic) bond motifs is 3. The minimum absolute atomic E-state index is 0.0432. The Balaban J connectivity index is 1.09. The van der Waals surface area contributed by atoms with Gasteiger partial charge < -0.3 is 45.3 Å². The van der Waals surface area contributed by atoms with Crippen molar-refractivity contribution in [2.24, 2.45) is 17.8 Å². The molecule has 3 heterocycles. The van der Waals surface area contributed by atoms with Crippen LogP contribution in [0.3, 0.4) is 0 Å². The van der Waals surface area contributed by atoms with Gasteiger partial charge in [-0.3, -0.25) is 0 Å². The number of aliphatic hydroxyl groups excluding tert-OH is 2. The fourth-order valence-corrected chi connectivity index (χ4v) is 9.77. The predicted molar refractivity (Wildman–Crippen MR) is 189 cm³/mol. The van der Waals surface area contributed by atoms with E-state index in [9.17, 15) is 25.5 Å². The number of phenols is 3. The minimum Gasteiger partial charge on any atom is -0.508 e. The van der Waals surface area contributed by atoms with Crippen LogP contribution in [-0.2, 0) is 17.8 Å². The first-order valence-electron chi connectivity index (χ1n) is 18.1. The summed E-state index contributed by atoms with van der Waals surface area (Å²) in [7, 11) is 1.44. The molecule has 264 valence electrons. The van der Waals surface area contributed by atoms with Crippen molar-refractivity contribution < 1.29 is 35.0 Å². The molecule has 9 nitrogen and oxygen atoms in total. The Bertz CT molecular complexity index is 1810. The van der Waals surface area contributed by atoms with Crippen molar-refractivity contribution in [3.8, 4) is 23.0 Å².